The van der Waals surface area contributed by atoms with Crippen molar-refractivity contribution in [1.29, 1.82) is 0 Å². The van der Waals surface area contributed by atoms with Crippen LogP contribution in [-0.2, 0) is 15.8 Å². The number of thioether (sulfide) groups is 1. The summed E-state index contributed by atoms with van der Waals surface area (Å²) < 4.78 is 38.5. The van der Waals surface area contributed by atoms with Gasteiger partial charge in [0, 0.05) is 25.1 Å². The van der Waals surface area contributed by atoms with Gasteiger partial charge < -0.3 is 4.90 Å². The van der Waals surface area contributed by atoms with E-state index in [1.54, 1.807) is 0 Å². The first kappa shape index (κ1) is 16.4. The van der Waals surface area contributed by atoms with E-state index in [2.05, 4.69) is 15.9 Å². The number of carbonyl (C=O) groups excluding carboxylic acids is 2. The van der Waals surface area contributed by atoms with Crippen LogP contribution < -0.4 is 4.90 Å². The van der Waals surface area contributed by atoms with E-state index >= 15 is 0 Å². The van der Waals surface area contributed by atoms with Crippen molar-refractivity contribution in [2.75, 3.05) is 11.4 Å². The van der Waals surface area contributed by atoms with Crippen LogP contribution in [0.15, 0.2) is 22.7 Å². The van der Waals surface area contributed by atoms with Crippen molar-refractivity contribution in [2.45, 2.75) is 24.8 Å². The van der Waals surface area contributed by atoms with E-state index < -0.39 is 11.7 Å². The Balaban J connectivity index is 2.31. The molecule has 0 saturated carbocycles. The molecule has 114 valence electrons. The van der Waals surface area contributed by atoms with Gasteiger partial charge in [0.1, 0.15) is 0 Å². The molecular formula is C13H11BrF3NO2S. The fourth-order valence-electron chi connectivity index (χ4n) is 2.17. The number of rotatable bonds is 2. The van der Waals surface area contributed by atoms with Gasteiger partial charge in [0.25, 0.3) is 0 Å². The van der Waals surface area contributed by atoms with E-state index in [1.807, 2.05) is 0 Å². The summed E-state index contributed by atoms with van der Waals surface area (Å²) in [4.78, 5) is 24.3. The fraction of sp³-hybridized carbons (Fsp3) is 0.385. The molecule has 1 heterocycles. The standard InChI is InChI=1S/C13H11BrF3NO2S/c1-7(19)21-8-5-11(20)18(6-8)10-4-2-3-9(12(10)14)13(15,16)17/h2-4,8H,5-6H2,1H3. The predicted octanol–water partition coefficient (Wildman–Crippen LogP) is 3.85. The van der Waals surface area contributed by atoms with Crippen LogP contribution in [0.25, 0.3) is 0 Å². The zero-order chi connectivity index (χ0) is 15.8. The first-order chi connectivity index (χ1) is 9.70. The Morgan fingerprint density at radius 2 is 2.10 bits per heavy atom. The molecule has 1 unspecified atom stereocenters. The lowest BCUT2D eigenvalue weighted by atomic mass is 10.2. The van der Waals surface area contributed by atoms with Gasteiger partial charge in [-0.15, -0.1) is 0 Å². The van der Waals surface area contributed by atoms with E-state index in [0.29, 0.717) is 0 Å². The normalized spacial score (nSPS) is 19.2. The number of nitrogens with zero attached hydrogens (tertiary/aromatic N) is 1. The van der Waals surface area contributed by atoms with Gasteiger partial charge in [0.2, 0.25) is 5.91 Å². The highest BCUT2D eigenvalue weighted by atomic mass is 79.9. The Kier molecular flexibility index (Phi) is 4.67. The molecule has 0 aromatic heterocycles. The van der Waals surface area contributed by atoms with Gasteiger partial charge in [-0.1, -0.05) is 17.8 Å². The number of carbonyl (C=O) groups is 2. The van der Waals surface area contributed by atoms with Crippen LogP contribution in [0, 0.1) is 0 Å². The van der Waals surface area contributed by atoms with Gasteiger partial charge in [-0.05, 0) is 28.1 Å². The second-order valence-electron chi connectivity index (χ2n) is 4.58. The Hall–Kier alpha value is -1.02. The number of halogens is 4. The molecule has 1 aliphatic heterocycles. The molecule has 2 rings (SSSR count). The summed E-state index contributed by atoms with van der Waals surface area (Å²) in [6, 6.07) is 3.68. The summed E-state index contributed by atoms with van der Waals surface area (Å²) in [6.07, 6.45) is -4.35. The van der Waals surface area contributed by atoms with Crippen molar-refractivity contribution in [1.82, 2.24) is 0 Å². The Labute approximate surface area is 132 Å². The lowest BCUT2D eigenvalue weighted by Gasteiger charge is -2.20. The SMILES string of the molecule is CC(=O)SC1CC(=O)N(c2cccc(C(F)(F)F)c2Br)C1. The van der Waals surface area contributed by atoms with Crippen molar-refractivity contribution < 1.29 is 22.8 Å². The van der Waals surface area contributed by atoms with Gasteiger partial charge in [0.15, 0.2) is 5.12 Å². The molecule has 0 spiro atoms. The van der Waals surface area contributed by atoms with Crippen LogP contribution in [0.4, 0.5) is 18.9 Å². The quantitative estimate of drug-likeness (QED) is 0.780. The van der Waals surface area contributed by atoms with Crippen LogP contribution in [-0.4, -0.2) is 22.8 Å². The first-order valence-electron chi connectivity index (χ1n) is 6.03. The summed E-state index contributed by atoms with van der Waals surface area (Å²) >= 11 is 3.98. The summed E-state index contributed by atoms with van der Waals surface area (Å²) in [6.45, 7) is 1.63. The zero-order valence-corrected chi connectivity index (χ0v) is 13.3. The largest absolute Gasteiger partial charge is 0.417 e. The lowest BCUT2D eigenvalue weighted by molar-refractivity contribution is -0.138. The molecule has 0 N–H and O–H groups in total. The van der Waals surface area contributed by atoms with Crippen molar-refractivity contribution in [2.24, 2.45) is 0 Å². The minimum Gasteiger partial charge on any atom is -0.310 e. The number of hydrogen-bond acceptors (Lipinski definition) is 3. The van der Waals surface area contributed by atoms with E-state index in [4.69, 9.17) is 0 Å². The third-order valence-corrected chi connectivity index (χ3v) is 4.81. The second-order valence-corrected chi connectivity index (χ2v) is 6.85. The smallest absolute Gasteiger partial charge is 0.310 e. The summed E-state index contributed by atoms with van der Waals surface area (Å²) in [7, 11) is 0. The molecule has 1 aliphatic rings. The van der Waals surface area contributed by atoms with Gasteiger partial charge in [-0.3, -0.25) is 9.59 Å². The number of alkyl halides is 3. The third kappa shape index (κ3) is 3.60. The summed E-state index contributed by atoms with van der Waals surface area (Å²) in [5, 5.41) is -0.339. The molecule has 0 aliphatic carbocycles. The van der Waals surface area contributed by atoms with E-state index in [-0.39, 0.29) is 39.4 Å². The van der Waals surface area contributed by atoms with Crippen molar-refractivity contribution in [3.05, 3.63) is 28.2 Å². The topological polar surface area (TPSA) is 37.4 Å². The molecule has 1 atom stereocenters. The highest BCUT2D eigenvalue weighted by Crippen LogP contribution is 2.41. The minimum atomic E-state index is -4.49. The molecule has 0 radical (unpaired) electrons. The highest BCUT2D eigenvalue weighted by Gasteiger charge is 2.37. The third-order valence-electron chi connectivity index (χ3n) is 3.00. The van der Waals surface area contributed by atoms with Crippen LogP contribution >= 0.6 is 27.7 Å². The molecule has 8 heteroatoms. The number of anilines is 1. The van der Waals surface area contributed by atoms with Gasteiger partial charge >= 0.3 is 6.18 Å². The van der Waals surface area contributed by atoms with Crippen LogP contribution in [0.5, 0.6) is 0 Å². The molecule has 0 bridgehead atoms. The first-order valence-corrected chi connectivity index (χ1v) is 7.70. The van der Waals surface area contributed by atoms with Gasteiger partial charge in [-0.25, -0.2) is 0 Å². The summed E-state index contributed by atoms with van der Waals surface area (Å²) in [5.74, 6) is -0.284. The second kappa shape index (κ2) is 6.00. The maximum Gasteiger partial charge on any atom is 0.417 e. The van der Waals surface area contributed by atoms with E-state index in [0.717, 1.165) is 17.8 Å². The fourth-order valence-corrected chi connectivity index (χ4v) is 3.79. The molecule has 1 aromatic rings. The van der Waals surface area contributed by atoms with Crippen molar-refractivity contribution in [3.63, 3.8) is 0 Å². The minimum absolute atomic E-state index is 0.113. The lowest BCUT2D eigenvalue weighted by Crippen LogP contribution is -2.26. The molecule has 1 aromatic carbocycles. The zero-order valence-electron chi connectivity index (χ0n) is 10.9. The van der Waals surface area contributed by atoms with Crippen molar-refractivity contribution >= 4 is 44.4 Å². The maximum atomic E-state index is 12.9. The van der Waals surface area contributed by atoms with Crippen LogP contribution in [0.3, 0.4) is 0 Å². The van der Waals surface area contributed by atoms with E-state index in [1.165, 1.54) is 24.0 Å². The molecule has 1 fully saturated rings. The molecule has 21 heavy (non-hydrogen) atoms. The monoisotopic (exact) mass is 381 g/mol. The van der Waals surface area contributed by atoms with Crippen LogP contribution in [0.1, 0.15) is 18.9 Å². The Bertz CT molecular complexity index is 591. The van der Waals surface area contributed by atoms with Gasteiger partial charge in [-0.2, -0.15) is 13.2 Å². The summed E-state index contributed by atoms with van der Waals surface area (Å²) in [5.41, 5.74) is -0.642. The molecular weight excluding hydrogens is 371 g/mol. The van der Waals surface area contributed by atoms with Crippen LogP contribution in [0.2, 0.25) is 0 Å². The molecule has 3 nitrogen and oxygen atoms in total. The highest BCUT2D eigenvalue weighted by molar-refractivity contribution is 9.10. The Morgan fingerprint density at radius 1 is 1.43 bits per heavy atom. The average molecular weight is 382 g/mol. The van der Waals surface area contributed by atoms with Gasteiger partial charge in [0.05, 0.1) is 15.7 Å². The Morgan fingerprint density at radius 3 is 2.67 bits per heavy atom. The number of hydrogen-bond donors (Lipinski definition) is 0. The van der Waals surface area contributed by atoms with Crippen molar-refractivity contribution in [3.8, 4) is 0 Å². The maximum absolute atomic E-state index is 12.9. The number of amides is 1. The predicted molar refractivity (Wildman–Crippen MR) is 78.2 cm³/mol. The molecule has 1 amide bonds. The van der Waals surface area contributed by atoms with E-state index in [9.17, 15) is 22.8 Å². The number of benzene rings is 1. The molecule has 1 saturated heterocycles. The average Bonchev–Trinajstić information content (AvgIpc) is 2.67.